The maximum atomic E-state index is 13.2. The first kappa shape index (κ1) is 35.0. The fourth-order valence-electron chi connectivity index (χ4n) is 6.64. The molecular formula is C34H51N5O5S2. The number of nitrogens with one attached hydrogen (secondary N) is 2. The number of unbranched alkanes of at least 4 members (excludes halogenated alkanes) is 5. The lowest BCUT2D eigenvalue weighted by Crippen LogP contribution is -2.58. The highest BCUT2D eigenvalue weighted by Crippen LogP contribution is 2.32. The fraction of sp³-hybridized carbons (Fsp3) is 0.676. The van der Waals surface area contributed by atoms with Gasteiger partial charge in [-0.1, -0.05) is 63.4 Å². The Morgan fingerprint density at radius 1 is 1.11 bits per heavy atom. The maximum Gasteiger partial charge on any atom is 0.305 e. The van der Waals surface area contributed by atoms with Gasteiger partial charge in [-0.05, 0) is 45.2 Å². The Labute approximate surface area is 280 Å². The number of H-pyrrole nitrogens is 1. The van der Waals surface area contributed by atoms with Gasteiger partial charge in [0, 0.05) is 49.1 Å². The lowest BCUT2D eigenvalue weighted by Gasteiger charge is -2.47. The number of hydrogen-bond donors (Lipinski definition) is 4. The normalized spacial score (nSPS) is 18.5. The third kappa shape index (κ3) is 8.96. The first-order valence-electron chi connectivity index (χ1n) is 17.0. The summed E-state index contributed by atoms with van der Waals surface area (Å²) in [6, 6.07) is 3.50. The second-order valence-corrected chi connectivity index (χ2v) is 15.3. The van der Waals surface area contributed by atoms with Gasteiger partial charge in [0.25, 0.3) is 5.91 Å². The zero-order chi connectivity index (χ0) is 32.7. The van der Waals surface area contributed by atoms with Gasteiger partial charge < -0.3 is 35.1 Å². The first-order chi connectivity index (χ1) is 22.1. The van der Waals surface area contributed by atoms with Crippen molar-refractivity contribution >= 4 is 38.8 Å². The number of aliphatic hydroxyl groups is 1. The van der Waals surface area contributed by atoms with Crippen molar-refractivity contribution < 1.29 is 19.7 Å². The predicted octanol–water partition coefficient (Wildman–Crippen LogP) is 5.62. The van der Waals surface area contributed by atoms with Crippen molar-refractivity contribution in [1.29, 1.82) is 0 Å². The molecule has 0 aliphatic carbocycles. The number of amides is 1. The summed E-state index contributed by atoms with van der Waals surface area (Å²) in [6.45, 7) is 11.9. The van der Waals surface area contributed by atoms with E-state index < -0.39 is 6.10 Å². The minimum Gasteiger partial charge on any atom is -0.506 e. The van der Waals surface area contributed by atoms with Gasteiger partial charge in [0.1, 0.15) is 17.0 Å². The molecule has 12 heteroatoms. The number of fused-ring (bicyclic) bond motifs is 1. The minimum absolute atomic E-state index is 0.0233. The molecule has 1 amide bonds. The molecule has 46 heavy (non-hydrogen) atoms. The molecular weight excluding hydrogens is 623 g/mol. The smallest absolute Gasteiger partial charge is 0.305 e. The molecule has 3 aromatic rings. The van der Waals surface area contributed by atoms with Crippen LogP contribution >= 0.6 is 22.7 Å². The van der Waals surface area contributed by atoms with Crippen molar-refractivity contribution in [1.82, 2.24) is 25.1 Å². The highest BCUT2D eigenvalue weighted by Gasteiger charge is 2.41. The lowest BCUT2D eigenvalue weighted by atomic mass is 9.89. The summed E-state index contributed by atoms with van der Waals surface area (Å²) in [4.78, 5) is 36.4. The number of aromatic nitrogens is 2. The predicted molar refractivity (Wildman–Crippen MR) is 185 cm³/mol. The van der Waals surface area contributed by atoms with E-state index in [-0.39, 0.29) is 28.2 Å². The summed E-state index contributed by atoms with van der Waals surface area (Å²) < 4.78 is 6.92. The van der Waals surface area contributed by atoms with E-state index in [0.717, 1.165) is 61.7 Å². The molecule has 1 spiro atoms. The molecule has 1 unspecified atom stereocenters. The molecule has 4 heterocycles. The fourth-order valence-corrected chi connectivity index (χ4v) is 8.36. The molecule has 5 rings (SSSR count). The number of carbonyl (C=O) groups excluding carboxylic acids is 1. The van der Waals surface area contributed by atoms with E-state index in [2.05, 4.69) is 41.0 Å². The van der Waals surface area contributed by atoms with E-state index >= 15 is 0 Å². The molecule has 4 N–H and O–H groups in total. The van der Waals surface area contributed by atoms with Crippen molar-refractivity contribution in [3.8, 4) is 5.75 Å². The van der Waals surface area contributed by atoms with Crippen LogP contribution in [0.15, 0.2) is 22.3 Å². The molecule has 0 bridgehead atoms. The Balaban J connectivity index is 0.909. The van der Waals surface area contributed by atoms with Crippen LogP contribution in [0.1, 0.15) is 112 Å². The first-order valence-corrected chi connectivity index (χ1v) is 18.7. The second-order valence-electron chi connectivity index (χ2n) is 13.5. The number of benzene rings is 1. The van der Waals surface area contributed by atoms with E-state index in [1.165, 1.54) is 38.2 Å². The maximum absolute atomic E-state index is 13.2. The summed E-state index contributed by atoms with van der Waals surface area (Å²) >= 11 is 2.59. The van der Waals surface area contributed by atoms with Crippen LogP contribution < -0.4 is 10.2 Å². The third-order valence-electron chi connectivity index (χ3n) is 9.51. The number of carbonyl (C=O) groups is 1. The topological polar surface area (TPSA) is 131 Å². The zero-order valence-corrected chi connectivity index (χ0v) is 29.2. The number of piperidine rings is 1. The van der Waals surface area contributed by atoms with Crippen LogP contribution in [0.2, 0.25) is 0 Å². The molecule has 254 valence electrons. The Morgan fingerprint density at radius 3 is 2.59 bits per heavy atom. The van der Waals surface area contributed by atoms with Gasteiger partial charge in [0.05, 0.1) is 34.6 Å². The van der Waals surface area contributed by atoms with Crippen molar-refractivity contribution in [2.75, 3.05) is 45.9 Å². The molecule has 2 atom stereocenters. The number of rotatable bonds is 15. The van der Waals surface area contributed by atoms with Crippen LogP contribution in [0.3, 0.4) is 0 Å². The number of morpholine rings is 1. The van der Waals surface area contributed by atoms with E-state index in [9.17, 15) is 19.8 Å². The van der Waals surface area contributed by atoms with Crippen LogP contribution in [0.4, 0.5) is 0 Å². The molecule has 2 aliphatic heterocycles. The lowest BCUT2D eigenvalue weighted by molar-refractivity contribution is -0.127. The monoisotopic (exact) mass is 673 g/mol. The minimum atomic E-state index is -0.747. The molecule has 10 nitrogen and oxygen atoms in total. The summed E-state index contributed by atoms with van der Waals surface area (Å²) in [6.07, 6.45) is 9.58. The summed E-state index contributed by atoms with van der Waals surface area (Å²) in [7, 11) is 0. The average molecular weight is 674 g/mol. The third-order valence-corrected chi connectivity index (χ3v) is 11.6. The van der Waals surface area contributed by atoms with E-state index in [1.807, 2.05) is 10.3 Å². The molecule has 1 aromatic carbocycles. The number of thiazole rings is 2. The van der Waals surface area contributed by atoms with Gasteiger partial charge in [-0.25, -0.2) is 4.98 Å². The van der Waals surface area contributed by atoms with E-state index in [4.69, 9.17) is 4.74 Å². The van der Waals surface area contributed by atoms with Gasteiger partial charge in [0.15, 0.2) is 0 Å². The average Bonchev–Trinajstić information content (AvgIpc) is 3.70. The van der Waals surface area contributed by atoms with Crippen LogP contribution in [-0.4, -0.2) is 93.4 Å². The highest BCUT2D eigenvalue weighted by atomic mass is 32.1. The van der Waals surface area contributed by atoms with Gasteiger partial charge in [0.2, 0.25) is 0 Å². The molecule has 2 saturated heterocycles. The van der Waals surface area contributed by atoms with Gasteiger partial charge in [-0.15, -0.1) is 11.3 Å². The molecule has 2 fully saturated rings. The summed E-state index contributed by atoms with van der Waals surface area (Å²) in [5, 5.41) is 27.1. The van der Waals surface area contributed by atoms with Crippen LogP contribution in [-0.2, 0) is 4.74 Å². The standard InChI is InChI=1S/C34H51N5O5S2/c1-23(2)31-36-26(21-45-31)32(42)39-18-19-44-34(22-39)13-16-38(17-14-34)15-9-7-5-4-6-8-10-24(3)35-20-28(41)25-11-12-27(40)29-30(25)46-33(43)37-29/h11-12,21,23-24,28,35,40-41H,4-10,13-20,22H2,1-3H3,(H,37,43)/t24?,28-/m0/s1. The molecule has 0 radical (unpaired) electrons. The number of ether oxygens (including phenoxy) is 1. The Hall–Kier alpha value is -2.35. The van der Waals surface area contributed by atoms with Gasteiger partial charge in [-0.3, -0.25) is 9.59 Å². The summed E-state index contributed by atoms with van der Waals surface area (Å²) in [5.74, 6) is 0.405. The number of hydrogen-bond acceptors (Lipinski definition) is 10. The number of likely N-dealkylation sites (tertiary alicyclic amines) is 1. The quantitative estimate of drug-likeness (QED) is 0.153. The van der Waals surface area contributed by atoms with Crippen LogP contribution in [0.25, 0.3) is 10.2 Å². The van der Waals surface area contributed by atoms with Crippen molar-refractivity contribution in [3.63, 3.8) is 0 Å². The number of nitrogens with zero attached hydrogens (tertiary/aromatic N) is 3. The molecule has 0 saturated carbocycles. The van der Waals surface area contributed by atoms with E-state index in [1.54, 1.807) is 17.4 Å². The zero-order valence-electron chi connectivity index (χ0n) is 27.6. The molecule has 2 aliphatic rings. The Kier molecular flexibility index (Phi) is 12.3. The van der Waals surface area contributed by atoms with Crippen LogP contribution in [0.5, 0.6) is 5.75 Å². The second kappa shape index (κ2) is 16.2. The number of aromatic amines is 1. The van der Waals surface area contributed by atoms with Crippen molar-refractivity contribution in [2.45, 2.75) is 102 Å². The van der Waals surface area contributed by atoms with Gasteiger partial charge in [-0.2, -0.15) is 0 Å². The highest BCUT2D eigenvalue weighted by molar-refractivity contribution is 7.16. The van der Waals surface area contributed by atoms with E-state index in [0.29, 0.717) is 53.6 Å². The largest absolute Gasteiger partial charge is 0.506 e. The van der Waals surface area contributed by atoms with Crippen LogP contribution in [0, 0.1) is 0 Å². The number of aromatic hydroxyl groups is 1. The SMILES string of the molecule is CC(CCCCCCCCN1CCC2(CC1)CN(C(=O)c1csc(C(C)C)n1)CCO2)NC[C@H](O)c1ccc(O)c2[nH]c(=O)sc12. The Morgan fingerprint density at radius 2 is 1.85 bits per heavy atom. The van der Waals surface area contributed by atoms with Crippen molar-refractivity contribution in [3.05, 3.63) is 43.4 Å². The summed E-state index contributed by atoms with van der Waals surface area (Å²) in [5.41, 5.74) is 1.42. The molecule has 2 aromatic heterocycles. The van der Waals surface area contributed by atoms with Gasteiger partial charge >= 0.3 is 4.87 Å². The Bertz CT molecular complexity index is 1480. The van der Waals surface area contributed by atoms with Crippen molar-refractivity contribution in [2.24, 2.45) is 0 Å². The number of phenols is 1. The number of aliphatic hydroxyl groups excluding tert-OH is 1. The number of phenolic OH excluding ortho intramolecular Hbond substituents is 1.